The van der Waals surface area contributed by atoms with E-state index < -0.39 is 5.97 Å². The topological polar surface area (TPSA) is 67.9 Å². The Bertz CT molecular complexity index is 378. The Balaban J connectivity index is 2.38. The highest BCUT2D eigenvalue weighted by atomic mass is 16.5. The number of aryl methyl sites for hydroxylation is 1. The van der Waals surface area contributed by atoms with Crippen LogP contribution in [-0.2, 0) is 11.8 Å². The molecule has 0 saturated heterocycles. The largest absolute Gasteiger partial charge is 0.461 e. The van der Waals surface area contributed by atoms with E-state index in [1.54, 1.807) is 18.5 Å². The van der Waals surface area contributed by atoms with Crippen LogP contribution in [0.15, 0.2) is 12.5 Å². The Hall–Kier alpha value is -1.83. The van der Waals surface area contributed by atoms with Crippen molar-refractivity contribution in [3.63, 3.8) is 0 Å². The third-order valence-electron chi connectivity index (χ3n) is 2.03. The second-order valence-electron chi connectivity index (χ2n) is 3.34. The third kappa shape index (κ3) is 3.09. The van der Waals surface area contributed by atoms with E-state index >= 15 is 0 Å². The minimum atomic E-state index is -0.403. The Morgan fingerprint density at radius 3 is 3.07 bits per heavy atom. The molecule has 0 spiro atoms. The molecule has 0 amide bonds. The summed E-state index contributed by atoms with van der Waals surface area (Å²) < 4.78 is 6.58. The Morgan fingerprint density at radius 2 is 2.53 bits per heavy atom. The summed E-state index contributed by atoms with van der Waals surface area (Å²) in [6.45, 7) is 2.05. The highest BCUT2D eigenvalue weighted by Gasteiger charge is 2.11. The van der Waals surface area contributed by atoms with Crippen molar-refractivity contribution < 1.29 is 9.53 Å². The fraction of sp³-hybridized carbons (Fsp3) is 0.500. The van der Waals surface area contributed by atoms with Gasteiger partial charge in [0, 0.05) is 13.0 Å². The molecule has 1 aromatic heterocycles. The van der Waals surface area contributed by atoms with Gasteiger partial charge in [0.25, 0.3) is 0 Å². The molecule has 0 saturated carbocycles. The highest BCUT2D eigenvalue weighted by Crippen LogP contribution is 2.03. The molecule has 80 valence electrons. The van der Waals surface area contributed by atoms with Gasteiger partial charge in [-0.3, -0.25) is 0 Å². The number of hydrogen-bond donors (Lipinski definition) is 0. The van der Waals surface area contributed by atoms with E-state index in [1.807, 2.05) is 0 Å². The molecule has 0 aliphatic carbocycles. The van der Waals surface area contributed by atoms with Gasteiger partial charge in [-0.15, -0.1) is 0 Å². The van der Waals surface area contributed by atoms with Crippen LogP contribution in [-0.4, -0.2) is 22.1 Å². The number of carbonyl (C=O) groups excluding carboxylic acids is 1. The zero-order valence-corrected chi connectivity index (χ0v) is 8.80. The van der Waals surface area contributed by atoms with Gasteiger partial charge in [-0.2, -0.15) is 5.26 Å². The van der Waals surface area contributed by atoms with E-state index in [9.17, 15) is 4.79 Å². The van der Waals surface area contributed by atoms with Crippen molar-refractivity contribution in [2.75, 3.05) is 6.61 Å². The normalized spacial score (nSPS) is 11.8. The van der Waals surface area contributed by atoms with E-state index in [4.69, 9.17) is 10.00 Å². The molecule has 0 bridgehead atoms. The molecule has 0 aromatic carbocycles. The van der Waals surface area contributed by atoms with Crippen LogP contribution in [0.25, 0.3) is 0 Å². The fourth-order valence-electron chi connectivity index (χ4n) is 1.02. The lowest BCUT2D eigenvalue weighted by atomic mass is 10.1. The molecule has 0 aliphatic rings. The van der Waals surface area contributed by atoms with E-state index in [0.717, 1.165) is 0 Å². The Labute approximate surface area is 88.3 Å². The maximum atomic E-state index is 11.4. The molecule has 1 rings (SSSR count). The zero-order chi connectivity index (χ0) is 11.3. The van der Waals surface area contributed by atoms with Crippen LogP contribution < -0.4 is 0 Å². The van der Waals surface area contributed by atoms with Crippen LogP contribution in [0, 0.1) is 17.2 Å². The number of aromatic nitrogens is 2. The standard InChI is InChI=1S/C10H13N3O2/c1-8(5-11)3-4-15-10(14)9-6-12-7-13(9)2/h6-8H,3-4H2,1-2H3. The second-order valence-corrected chi connectivity index (χ2v) is 3.34. The van der Waals surface area contributed by atoms with Gasteiger partial charge >= 0.3 is 5.97 Å². The number of ether oxygens (including phenoxy) is 1. The molecule has 1 aromatic rings. The first-order valence-corrected chi connectivity index (χ1v) is 4.68. The molecular formula is C10H13N3O2. The van der Waals surface area contributed by atoms with Crippen molar-refractivity contribution in [3.05, 3.63) is 18.2 Å². The minimum Gasteiger partial charge on any atom is -0.461 e. The van der Waals surface area contributed by atoms with Gasteiger partial charge in [-0.1, -0.05) is 0 Å². The smallest absolute Gasteiger partial charge is 0.356 e. The van der Waals surface area contributed by atoms with Gasteiger partial charge in [0.05, 0.1) is 25.2 Å². The van der Waals surface area contributed by atoms with Gasteiger partial charge < -0.3 is 9.30 Å². The maximum absolute atomic E-state index is 11.4. The lowest BCUT2D eigenvalue weighted by Crippen LogP contribution is -2.11. The van der Waals surface area contributed by atoms with Crippen molar-refractivity contribution in [2.45, 2.75) is 13.3 Å². The summed E-state index contributed by atoms with van der Waals surface area (Å²) in [4.78, 5) is 15.2. The lowest BCUT2D eigenvalue weighted by Gasteiger charge is -2.05. The summed E-state index contributed by atoms with van der Waals surface area (Å²) in [7, 11) is 1.72. The molecule has 0 radical (unpaired) electrons. The van der Waals surface area contributed by atoms with E-state index in [-0.39, 0.29) is 12.5 Å². The Kier molecular flexibility index (Phi) is 3.86. The first-order valence-electron chi connectivity index (χ1n) is 4.68. The number of imidazole rings is 1. The van der Waals surface area contributed by atoms with Crippen LogP contribution in [0.5, 0.6) is 0 Å². The predicted octanol–water partition coefficient (Wildman–Crippen LogP) is 1.13. The molecule has 1 atom stereocenters. The molecule has 1 heterocycles. The van der Waals surface area contributed by atoms with Gasteiger partial charge in [0.2, 0.25) is 0 Å². The van der Waals surface area contributed by atoms with E-state index in [2.05, 4.69) is 11.1 Å². The summed E-state index contributed by atoms with van der Waals surface area (Å²) >= 11 is 0. The van der Waals surface area contributed by atoms with Crippen molar-refractivity contribution in [1.82, 2.24) is 9.55 Å². The first-order chi connectivity index (χ1) is 7.15. The average molecular weight is 207 g/mol. The number of esters is 1. The van der Waals surface area contributed by atoms with Crippen molar-refractivity contribution in [3.8, 4) is 6.07 Å². The second kappa shape index (κ2) is 5.15. The number of rotatable bonds is 4. The summed E-state index contributed by atoms with van der Waals surface area (Å²) in [6.07, 6.45) is 3.55. The van der Waals surface area contributed by atoms with Crippen LogP contribution in [0.2, 0.25) is 0 Å². The predicted molar refractivity (Wildman–Crippen MR) is 52.9 cm³/mol. The summed E-state index contributed by atoms with van der Waals surface area (Å²) in [5.41, 5.74) is 0.416. The third-order valence-corrected chi connectivity index (χ3v) is 2.03. The van der Waals surface area contributed by atoms with Crippen LogP contribution >= 0.6 is 0 Å². The summed E-state index contributed by atoms with van der Waals surface area (Å²) in [6, 6.07) is 2.08. The highest BCUT2D eigenvalue weighted by molar-refractivity contribution is 5.87. The monoisotopic (exact) mass is 207 g/mol. The zero-order valence-electron chi connectivity index (χ0n) is 8.80. The van der Waals surface area contributed by atoms with E-state index in [1.165, 1.54) is 12.5 Å². The van der Waals surface area contributed by atoms with Gasteiger partial charge in [-0.25, -0.2) is 9.78 Å². The van der Waals surface area contributed by atoms with Crippen molar-refractivity contribution >= 4 is 5.97 Å². The van der Waals surface area contributed by atoms with Crippen molar-refractivity contribution in [2.24, 2.45) is 13.0 Å². The summed E-state index contributed by atoms with van der Waals surface area (Å²) in [5.74, 6) is -0.496. The van der Waals surface area contributed by atoms with Gasteiger partial charge in [0.1, 0.15) is 5.69 Å². The number of nitrogens with zero attached hydrogens (tertiary/aromatic N) is 3. The SMILES string of the molecule is CC(C#N)CCOC(=O)c1cncn1C. The molecule has 15 heavy (non-hydrogen) atoms. The van der Waals surface area contributed by atoms with Gasteiger partial charge in [0.15, 0.2) is 0 Å². The lowest BCUT2D eigenvalue weighted by molar-refractivity contribution is 0.0481. The maximum Gasteiger partial charge on any atom is 0.356 e. The molecule has 0 N–H and O–H groups in total. The number of hydrogen-bond acceptors (Lipinski definition) is 4. The molecule has 0 aliphatic heterocycles. The van der Waals surface area contributed by atoms with Crippen LogP contribution in [0.1, 0.15) is 23.8 Å². The van der Waals surface area contributed by atoms with Crippen LogP contribution in [0.3, 0.4) is 0 Å². The average Bonchev–Trinajstić information content (AvgIpc) is 2.64. The van der Waals surface area contributed by atoms with Crippen LogP contribution in [0.4, 0.5) is 0 Å². The summed E-state index contributed by atoms with van der Waals surface area (Å²) in [5, 5.41) is 8.52. The van der Waals surface area contributed by atoms with Crippen molar-refractivity contribution in [1.29, 1.82) is 5.26 Å². The molecule has 5 nitrogen and oxygen atoms in total. The minimum absolute atomic E-state index is 0.0932. The molecule has 0 fully saturated rings. The molecule has 5 heteroatoms. The fourth-order valence-corrected chi connectivity index (χ4v) is 1.02. The van der Waals surface area contributed by atoms with E-state index in [0.29, 0.717) is 12.1 Å². The molecular weight excluding hydrogens is 194 g/mol. The number of carbonyl (C=O) groups is 1. The van der Waals surface area contributed by atoms with Gasteiger partial charge in [-0.05, 0) is 13.3 Å². The molecule has 1 unspecified atom stereocenters. The quantitative estimate of drug-likeness (QED) is 0.694. The Morgan fingerprint density at radius 1 is 1.80 bits per heavy atom. The number of nitriles is 1. The first kappa shape index (κ1) is 11.2.